The van der Waals surface area contributed by atoms with E-state index in [1.807, 2.05) is 0 Å². The number of carbonyl (C=O) groups is 5. The summed E-state index contributed by atoms with van der Waals surface area (Å²) < 4.78 is 5.18. The summed E-state index contributed by atoms with van der Waals surface area (Å²) in [5.41, 5.74) is -2.70. The highest BCUT2D eigenvalue weighted by molar-refractivity contribution is 6.52. The fraction of sp³-hybridized carbons (Fsp3) is 0. The first-order chi connectivity index (χ1) is 14.3. The number of nitrogens with one attached hydrogen (secondary N) is 1. The number of H-pyrrole nitrogens is 1. The molecule has 0 fully saturated rings. The van der Waals surface area contributed by atoms with Crippen molar-refractivity contribution in [3.8, 4) is 17.0 Å². The standard InChI is InChI=1S/C20H10N2O8/c23-16-10-7-12(20(29)30-8-4-2-1-3-5-8)22-14(10)13-9(18(25)26)6-11(19(27)28)21-15(13)17(16)24/h1-7,22H,(H,25,26)(H,27,28). The summed E-state index contributed by atoms with van der Waals surface area (Å²) in [4.78, 5) is 66.6. The van der Waals surface area contributed by atoms with E-state index < -0.39 is 46.4 Å². The van der Waals surface area contributed by atoms with Crippen LogP contribution in [0.3, 0.4) is 0 Å². The average molecular weight is 406 g/mol. The number of hydrogen-bond acceptors (Lipinski definition) is 7. The third kappa shape index (κ3) is 2.92. The normalized spacial score (nSPS) is 12.1. The lowest BCUT2D eigenvalue weighted by Crippen LogP contribution is -2.25. The minimum atomic E-state index is -1.56. The van der Waals surface area contributed by atoms with Crippen LogP contribution < -0.4 is 4.74 Å². The number of hydrogen-bond donors (Lipinski definition) is 3. The van der Waals surface area contributed by atoms with Crippen LogP contribution in [0.1, 0.15) is 52.2 Å². The van der Waals surface area contributed by atoms with Gasteiger partial charge >= 0.3 is 17.9 Å². The van der Waals surface area contributed by atoms with Crippen molar-refractivity contribution in [1.82, 2.24) is 9.97 Å². The number of fused-ring (bicyclic) bond motifs is 3. The second-order valence-electron chi connectivity index (χ2n) is 6.22. The van der Waals surface area contributed by atoms with Crippen LogP contribution in [0.2, 0.25) is 0 Å². The Balaban J connectivity index is 1.87. The molecule has 148 valence electrons. The Bertz CT molecular complexity index is 1270. The second-order valence-corrected chi connectivity index (χ2v) is 6.22. The molecule has 0 radical (unpaired) electrons. The monoisotopic (exact) mass is 406 g/mol. The SMILES string of the molecule is O=C(O)c1cc(C(=O)O)c2c(n1)C(=O)C(=O)c1cc(C(=O)Oc3ccccc3)[nH]c1-2. The van der Waals surface area contributed by atoms with Crippen LogP contribution in [0.25, 0.3) is 11.3 Å². The highest BCUT2D eigenvalue weighted by atomic mass is 16.5. The van der Waals surface area contributed by atoms with E-state index in [9.17, 15) is 29.1 Å². The fourth-order valence-corrected chi connectivity index (χ4v) is 3.06. The van der Waals surface area contributed by atoms with E-state index in [0.29, 0.717) is 0 Å². The van der Waals surface area contributed by atoms with Gasteiger partial charge in [-0.1, -0.05) is 18.2 Å². The molecule has 1 aromatic carbocycles. The van der Waals surface area contributed by atoms with Gasteiger partial charge in [0, 0.05) is 5.56 Å². The molecule has 0 unspecified atom stereocenters. The molecule has 1 aliphatic carbocycles. The Morgan fingerprint density at radius 3 is 2.27 bits per heavy atom. The summed E-state index contributed by atoms with van der Waals surface area (Å²) in [6, 6.07) is 9.93. The number of aromatic nitrogens is 2. The van der Waals surface area contributed by atoms with Gasteiger partial charge in [0.05, 0.1) is 16.8 Å². The smallest absolute Gasteiger partial charge is 0.360 e. The summed E-state index contributed by atoms with van der Waals surface area (Å²) in [6.45, 7) is 0. The number of carbonyl (C=O) groups excluding carboxylic acids is 3. The molecule has 1 aliphatic rings. The number of carboxylic acids is 2. The maximum Gasteiger partial charge on any atom is 0.360 e. The number of carboxylic acid groups (broad SMARTS) is 2. The molecule has 2 heterocycles. The van der Waals surface area contributed by atoms with Gasteiger partial charge < -0.3 is 19.9 Å². The van der Waals surface area contributed by atoms with E-state index in [2.05, 4.69) is 9.97 Å². The molecule has 10 heteroatoms. The Kier molecular flexibility index (Phi) is 4.24. The van der Waals surface area contributed by atoms with Gasteiger partial charge in [0.2, 0.25) is 5.78 Å². The number of esters is 1. The summed E-state index contributed by atoms with van der Waals surface area (Å²) in [5.74, 6) is -5.97. The molecule has 3 N–H and O–H groups in total. The lowest BCUT2D eigenvalue weighted by Gasteiger charge is -2.16. The van der Waals surface area contributed by atoms with Crippen LogP contribution in [0.4, 0.5) is 0 Å². The minimum absolute atomic E-state index is 0.128. The van der Waals surface area contributed by atoms with Crippen molar-refractivity contribution in [2.45, 2.75) is 0 Å². The molecule has 0 atom stereocenters. The molecule has 30 heavy (non-hydrogen) atoms. The van der Waals surface area contributed by atoms with Crippen LogP contribution in [0.5, 0.6) is 5.75 Å². The highest BCUT2D eigenvalue weighted by Gasteiger charge is 2.38. The molecule has 3 aromatic rings. The first-order valence-corrected chi connectivity index (χ1v) is 8.39. The maximum atomic E-state index is 12.5. The van der Waals surface area contributed by atoms with Crippen molar-refractivity contribution in [3.63, 3.8) is 0 Å². The van der Waals surface area contributed by atoms with E-state index >= 15 is 0 Å². The number of aromatic amines is 1. The van der Waals surface area contributed by atoms with Crippen molar-refractivity contribution in [2.24, 2.45) is 0 Å². The van der Waals surface area contributed by atoms with Crippen LogP contribution in [0, 0.1) is 0 Å². The van der Waals surface area contributed by atoms with Crippen LogP contribution >= 0.6 is 0 Å². The molecule has 0 bridgehead atoms. The van der Waals surface area contributed by atoms with Crippen molar-refractivity contribution in [1.29, 1.82) is 0 Å². The fourth-order valence-electron chi connectivity index (χ4n) is 3.06. The molecule has 0 saturated carbocycles. The van der Waals surface area contributed by atoms with E-state index in [4.69, 9.17) is 9.84 Å². The number of Topliss-reactive ketones (excluding diaryl/α,β-unsaturated/α-hetero) is 2. The van der Waals surface area contributed by atoms with Gasteiger partial charge in [0.1, 0.15) is 22.8 Å². The number of benzene rings is 1. The average Bonchev–Trinajstić information content (AvgIpc) is 3.17. The minimum Gasteiger partial charge on any atom is -0.478 e. The number of pyridine rings is 1. The van der Waals surface area contributed by atoms with Crippen LogP contribution in [-0.4, -0.2) is 49.7 Å². The third-order valence-corrected chi connectivity index (χ3v) is 4.38. The van der Waals surface area contributed by atoms with Gasteiger partial charge in [0.25, 0.3) is 5.78 Å². The molecule has 4 rings (SSSR count). The van der Waals surface area contributed by atoms with Crippen molar-refractivity contribution >= 4 is 29.5 Å². The summed E-state index contributed by atoms with van der Waals surface area (Å²) >= 11 is 0. The second kappa shape index (κ2) is 6.78. The molecular weight excluding hydrogens is 396 g/mol. The predicted molar refractivity (Wildman–Crippen MR) is 98.0 cm³/mol. The molecule has 0 spiro atoms. The first kappa shape index (κ1) is 18.7. The maximum absolute atomic E-state index is 12.5. The van der Waals surface area contributed by atoms with Gasteiger partial charge in [-0.3, -0.25) is 9.59 Å². The van der Waals surface area contributed by atoms with Gasteiger partial charge in [-0.15, -0.1) is 0 Å². The highest BCUT2D eigenvalue weighted by Crippen LogP contribution is 2.36. The number of ketones is 2. The Morgan fingerprint density at radius 1 is 0.933 bits per heavy atom. The number of aromatic carboxylic acids is 2. The van der Waals surface area contributed by atoms with E-state index in [0.717, 1.165) is 12.1 Å². The molecule has 0 aliphatic heterocycles. The Hall–Kier alpha value is -4.60. The molecule has 0 amide bonds. The van der Waals surface area contributed by atoms with Crippen LogP contribution in [0.15, 0.2) is 42.5 Å². The van der Waals surface area contributed by atoms with Crippen molar-refractivity contribution in [3.05, 3.63) is 70.7 Å². The van der Waals surface area contributed by atoms with Crippen molar-refractivity contribution < 1.29 is 38.9 Å². The Morgan fingerprint density at radius 2 is 1.63 bits per heavy atom. The zero-order valence-corrected chi connectivity index (χ0v) is 14.8. The van der Waals surface area contributed by atoms with Gasteiger partial charge in [-0.2, -0.15) is 0 Å². The van der Waals surface area contributed by atoms with Crippen molar-refractivity contribution in [2.75, 3.05) is 0 Å². The van der Waals surface area contributed by atoms with Crippen LogP contribution in [-0.2, 0) is 0 Å². The molecule has 0 saturated heterocycles. The Labute approximate surface area is 166 Å². The zero-order valence-electron chi connectivity index (χ0n) is 14.8. The van der Waals surface area contributed by atoms with Gasteiger partial charge in [0.15, 0.2) is 0 Å². The van der Waals surface area contributed by atoms with E-state index in [1.54, 1.807) is 18.2 Å². The number of rotatable bonds is 4. The third-order valence-electron chi connectivity index (χ3n) is 4.38. The quantitative estimate of drug-likeness (QED) is 0.334. The zero-order chi connectivity index (χ0) is 21.6. The van der Waals surface area contributed by atoms with Gasteiger partial charge in [-0.05, 0) is 24.3 Å². The summed E-state index contributed by atoms with van der Waals surface area (Å²) in [5, 5.41) is 18.6. The lowest BCUT2D eigenvalue weighted by atomic mass is 9.88. The topological polar surface area (TPSA) is 164 Å². The number of para-hydroxylation sites is 1. The lowest BCUT2D eigenvalue weighted by molar-refractivity contribution is 0.0686. The van der Waals surface area contributed by atoms with E-state index in [1.165, 1.54) is 12.1 Å². The summed E-state index contributed by atoms with van der Waals surface area (Å²) in [7, 11) is 0. The van der Waals surface area contributed by atoms with E-state index in [-0.39, 0.29) is 28.3 Å². The predicted octanol–water partition coefficient (Wildman–Crippen LogP) is 2.07. The molecular formula is C20H10N2O8. The van der Waals surface area contributed by atoms with Gasteiger partial charge in [-0.25, -0.2) is 19.4 Å². The molecule has 2 aromatic heterocycles. The number of ether oxygens (including phenoxy) is 1. The molecule has 10 nitrogen and oxygen atoms in total. The summed E-state index contributed by atoms with van der Waals surface area (Å²) in [6.07, 6.45) is 0. The number of nitrogens with zero attached hydrogens (tertiary/aromatic N) is 1. The first-order valence-electron chi connectivity index (χ1n) is 8.39. The largest absolute Gasteiger partial charge is 0.478 e.